The normalized spacial score (nSPS) is 19.6. The first-order valence-corrected chi connectivity index (χ1v) is 8.41. The third-order valence-electron chi connectivity index (χ3n) is 3.74. The molecule has 104 valence electrons. The summed E-state index contributed by atoms with van der Waals surface area (Å²) in [4.78, 5) is 4.70. The van der Waals surface area contributed by atoms with Crippen LogP contribution in [0.1, 0.15) is 31.3 Å². The largest absolute Gasteiger partial charge is 0.311 e. The molecule has 19 heavy (non-hydrogen) atoms. The summed E-state index contributed by atoms with van der Waals surface area (Å²) in [6, 6.07) is 0. The van der Waals surface area contributed by atoms with E-state index in [9.17, 15) is 0 Å². The van der Waals surface area contributed by atoms with Crippen LogP contribution in [0.4, 0.5) is 0 Å². The van der Waals surface area contributed by atoms with Crippen molar-refractivity contribution in [2.75, 3.05) is 5.75 Å². The van der Waals surface area contributed by atoms with E-state index in [4.69, 9.17) is 16.6 Å². The molecule has 1 unspecified atom stereocenters. The molecular weight excluding hydrogens is 280 g/mol. The van der Waals surface area contributed by atoms with E-state index in [2.05, 4.69) is 28.4 Å². The van der Waals surface area contributed by atoms with Crippen LogP contribution in [0, 0.1) is 0 Å². The zero-order chi connectivity index (χ0) is 13.4. The maximum Gasteiger partial charge on any atom is 0.158 e. The first-order valence-electron chi connectivity index (χ1n) is 6.83. The van der Waals surface area contributed by atoms with E-state index in [1.54, 1.807) is 0 Å². The minimum atomic E-state index is 0.467. The number of alkyl halides is 1. The lowest BCUT2D eigenvalue weighted by molar-refractivity contribution is 0.613. The van der Waals surface area contributed by atoms with Crippen molar-refractivity contribution in [2.24, 2.45) is 7.05 Å². The molecule has 1 saturated heterocycles. The Hall–Kier alpha value is -0.680. The van der Waals surface area contributed by atoms with Gasteiger partial charge in [-0.2, -0.15) is 16.9 Å². The molecule has 0 radical (unpaired) electrons. The van der Waals surface area contributed by atoms with Gasteiger partial charge in [0.15, 0.2) is 5.65 Å². The summed E-state index contributed by atoms with van der Waals surface area (Å²) in [6.07, 6.45) is 3.54. The van der Waals surface area contributed by atoms with E-state index >= 15 is 0 Å². The van der Waals surface area contributed by atoms with E-state index < -0.39 is 0 Å². The van der Waals surface area contributed by atoms with Gasteiger partial charge in [0, 0.05) is 18.8 Å². The van der Waals surface area contributed by atoms with Gasteiger partial charge in [-0.25, -0.2) is 4.98 Å². The van der Waals surface area contributed by atoms with E-state index in [0.29, 0.717) is 11.1 Å². The molecule has 0 N–H and O–H groups in total. The molecule has 2 aromatic heterocycles. The summed E-state index contributed by atoms with van der Waals surface area (Å²) in [5.41, 5.74) is 3.23. The van der Waals surface area contributed by atoms with Crippen molar-refractivity contribution < 1.29 is 0 Å². The van der Waals surface area contributed by atoms with Gasteiger partial charge in [0.25, 0.3) is 0 Å². The number of aryl methyl sites for hydroxylation is 2. The van der Waals surface area contributed by atoms with Crippen molar-refractivity contribution in [3.05, 3.63) is 11.5 Å². The van der Waals surface area contributed by atoms with Crippen molar-refractivity contribution in [3.63, 3.8) is 0 Å². The quantitative estimate of drug-likeness (QED) is 0.814. The fraction of sp³-hybridized carbons (Fsp3) is 0.692. The van der Waals surface area contributed by atoms with Gasteiger partial charge in [-0.3, -0.25) is 4.68 Å². The van der Waals surface area contributed by atoms with Gasteiger partial charge < -0.3 is 4.57 Å². The van der Waals surface area contributed by atoms with Crippen LogP contribution < -0.4 is 0 Å². The van der Waals surface area contributed by atoms with Gasteiger partial charge in [0.2, 0.25) is 0 Å². The Morgan fingerprint density at radius 3 is 2.95 bits per heavy atom. The minimum absolute atomic E-state index is 0.467. The van der Waals surface area contributed by atoms with E-state index in [-0.39, 0.29) is 0 Å². The number of imidazole rings is 1. The molecule has 0 spiro atoms. The lowest BCUT2D eigenvalue weighted by Crippen LogP contribution is -2.14. The highest BCUT2D eigenvalue weighted by Gasteiger charge is 2.22. The molecule has 0 aromatic carbocycles. The second kappa shape index (κ2) is 5.37. The Labute approximate surface area is 122 Å². The van der Waals surface area contributed by atoms with Crippen LogP contribution >= 0.6 is 23.4 Å². The van der Waals surface area contributed by atoms with Crippen LogP contribution in [-0.4, -0.2) is 30.3 Å². The number of rotatable bonds is 4. The molecule has 4 nitrogen and oxygen atoms in total. The summed E-state index contributed by atoms with van der Waals surface area (Å²) in [6.45, 7) is 3.12. The molecule has 6 heteroatoms. The first-order chi connectivity index (χ1) is 9.24. The molecule has 3 rings (SSSR count). The second-order valence-corrected chi connectivity index (χ2v) is 6.68. The highest BCUT2D eigenvalue weighted by molar-refractivity contribution is 8.00. The Balaban J connectivity index is 2.06. The molecule has 0 bridgehead atoms. The van der Waals surface area contributed by atoms with Crippen molar-refractivity contribution in [1.29, 1.82) is 0 Å². The fourth-order valence-corrected chi connectivity index (χ4v) is 4.27. The summed E-state index contributed by atoms with van der Waals surface area (Å²) >= 11 is 8.14. The lowest BCUT2D eigenvalue weighted by Gasteiger charge is -2.12. The van der Waals surface area contributed by atoms with Crippen molar-refractivity contribution in [3.8, 4) is 0 Å². The van der Waals surface area contributed by atoms with E-state index in [1.165, 1.54) is 18.6 Å². The minimum Gasteiger partial charge on any atom is -0.311 e. The molecule has 1 fully saturated rings. The Kier molecular flexibility index (Phi) is 3.76. The number of aromatic nitrogens is 4. The molecule has 3 heterocycles. The third kappa shape index (κ3) is 2.27. The zero-order valence-electron chi connectivity index (χ0n) is 11.4. The van der Waals surface area contributed by atoms with E-state index in [0.717, 1.165) is 35.6 Å². The van der Waals surface area contributed by atoms with Gasteiger partial charge in [0.05, 0.1) is 11.6 Å². The molecule has 2 aromatic rings. The summed E-state index contributed by atoms with van der Waals surface area (Å²) < 4.78 is 4.23. The smallest absolute Gasteiger partial charge is 0.158 e. The number of fused-ring (bicyclic) bond motifs is 1. The van der Waals surface area contributed by atoms with Gasteiger partial charge in [-0.15, -0.1) is 11.6 Å². The molecule has 1 atom stereocenters. The average molecular weight is 299 g/mol. The van der Waals surface area contributed by atoms with Crippen LogP contribution in [0.25, 0.3) is 11.2 Å². The molecular formula is C13H19ClN4S. The van der Waals surface area contributed by atoms with Crippen LogP contribution in [-0.2, 0) is 25.9 Å². The first kappa shape index (κ1) is 13.3. The van der Waals surface area contributed by atoms with Crippen molar-refractivity contribution in [2.45, 2.75) is 43.9 Å². The molecule has 0 saturated carbocycles. The van der Waals surface area contributed by atoms with Gasteiger partial charge in [0.1, 0.15) is 11.3 Å². The SMILES string of the molecule is CCc1nn(C)c2c1nc(CCl)n2CC1CCCS1. The number of thioether (sulfide) groups is 1. The predicted molar refractivity (Wildman–Crippen MR) is 80.9 cm³/mol. The fourth-order valence-electron chi connectivity index (χ4n) is 2.81. The maximum absolute atomic E-state index is 6.07. The number of hydrogen-bond acceptors (Lipinski definition) is 3. The molecule has 1 aliphatic heterocycles. The Morgan fingerprint density at radius 1 is 1.47 bits per heavy atom. The maximum atomic E-state index is 6.07. The summed E-state index contributed by atoms with van der Waals surface area (Å²) in [7, 11) is 2.00. The molecule has 0 amide bonds. The lowest BCUT2D eigenvalue weighted by atomic mass is 10.2. The second-order valence-electron chi connectivity index (χ2n) is 5.00. The highest BCUT2D eigenvalue weighted by Crippen LogP contribution is 2.30. The van der Waals surface area contributed by atoms with Gasteiger partial charge >= 0.3 is 0 Å². The van der Waals surface area contributed by atoms with Crippen LogP contribution in [0.3, 0.4) is 0 Å². The van der Waals surface area contributed by atoms with Crippen LogP contribution in [0.5, 0.6) is 0 Å². The monoisotopic (exact) mass is 298 g/mol. The average Bonchev–Trinajstić information content (AvgIpc) is 3.09. The molecule has 0 aliphatic carbocycles. The predicted octanol–water partition coefficient (Wildman–Crippen LogP) is 2.97. The van der Waals surface area contributed by atoms with Crippen molar-refractivity contribution >= 4 is 34.5 Å². The zero-order valence-corrected chi connectivity index (χ0v) is 13.0. The topological polar surface area (TPSA) is 35.6 Å². The third-order valence-corrected chi connectivity index (χ3v) is 5.35. The Bertz CT molecular complexity index is 583. The van der Waals surface area contributed by atoms with Gasteiger partial charge in [-0.05, 0) is 25.0 Å². The van der Waals surface area contributed by atoms with Crippen LogP contribution in [0.15, 0.2) is 0 Å². The van der Waals surface area contributed by atoms with Crippen LogP contribution in [0.2, 0.25) is 0 Å². The summed E-state index contributed by atoms with van der Waals surface area (Å²) in [5.74, 6) is 2.73. The number of hydrogen-bond donors (Lipinski definition) is 0. The van der Waals surface area contributed by atoms with Crippen molar-refractivity contribution in [1.82, 2.24) is 19.3 Å². The highest BCUT2D eigenvalue weighted by atomic mass is 35.5. The van der Waals surface area contributed by atoms with E-state index in [1.807, 2.05) is 11.7 Å². The number of nitrogens with zero attached hydrogens (tertiary/aromatic N) is 4. The van der Waals surface area contributed by atoms with Gasteiger partial charge in [-0.1, -0.05) is 6.92 Å². The molecule has 1 aliphatic rings. The standard InChI is InChI=1S/C13H19ClN4S/c1-3-10-12-13(17(2)16-10)18(11(7-14)15-12)8-9-5-4-6-19-9/h9H,3-8H2,1-2H3. The number of halogens is 1. The summed E-state index contributed by atoms with van der Waals surface area (Å²) in [5, 5.41) is 5.26. The Morgan fingerprint density at radius 2 is 2.32 bits per heavy atom.